The van der Waals surface area contributed by atoms with Crippen molar-refractivity contribution >= 4 is 43.4 Å². The third-order valence-corrected chi connectivity index (χ3v) is 8.66. The van der Waals surface area contributed by atoms with Gasteiger partial charge in [-0.3, -0.25) is 9.20 Å². The molecule has 0 amide bonds. The van der Waals surface area contributed by atoms with Gasteiger partial charge in [0.05, 0.1) is 16.8 Å². The summed E-state index contributed by atoms with van der Waals surface area (Å²) in [4.78, 5) is 13.5. The molecule has 4 bridgehead atoms. The van der Waals surface area contributed by atoms with Crippen LogP contribution in [0.5, 0.6) is 0 Å². The highest BCUT2D eigenvalue weighted by Crippen LogP contribution is 2.53. The van der Waals surface area contributed by atoms with E-state index < -0.39 is 0 Å². The van der Waals surface area contributed by atoms with E-state index in [1.807, 2.05) is 16.5 Å². The number of nitrogens with zero attached hydrogens (tertiary/aromatic N) is 3. The summed E-state index contributed by atoms with van der Waals surface area (Å²) in [6.45, 7) is 0.425. The van der Waals surface area contributed by atoms with Crippen LogP contribution in [0.4, 0.5) is 0 Å². The highest BCUT2D eigenvalue weighted by atomic mass is 32.2. The number of hydrogen-bond donors (Lipinski definition) is 1. The molecule has 27 heavy (non-hydrogen) atoms. The van der Waals surface area contributed by atoms with Gasteiger partial charge in [0.25, 0.3) is 0 Å². The molecule has 4 saturated carbocycles. The first kappa shape index (κ1) is 16.5. The highest BCUT2D eigenvalue weighted by Gasteiger charge is 2.47. The number of carbonyl (C=O) groups is 1. The maximum atomic E-state index is 12.7. The summed E-state index contributed by atoms with van der Waals surface area (Å²) in [7, 11) is 0. The highest BCUT2D eigenvalue weighted by molar-refractivity contribution is 8.13. The standard InChI is InChI=1S/C20H22N4OS2/c25-17(10-21-18-13-6-11-5-12(8-13)9-14(18)7-11)27-20-23-22-19-24(20)15-3-1-2-4-16(15)26-19/h1-4,11-14,18,21H,5-10H2. The molecule has 3 aromatic rings. The summed E-state index contributed by atoms with van der Waals surface area (Å²) in [5.74, 6) is 3.51. The van der Waals surface area contributed by atoms with Gasteiger partial charge in [-0.05, 0) is 79.7 Å². The molecule has 7 heteroatoms. The van der Waals surface area contributed by atoms with E-state index in [2.05, 4.69) is 27.6 Å². The Morgan fingerprint density at radius 2 is 1.85 bits per heavy atom. The molecule has 0 atom stereocenters. The van der Waals surface area contributed by atoms with Crippen molar-refractivity contribution in [1.82, 2.24) is 19.9 Å². The summed E-state index contributed by atoms with van der Waals surface area (Å²) in [6.07, 6.45) is 6.96. The average Bonchev–Trinajstić information content (AvgIpc) is 3.20. The second-order valence-electron chi connectivity index (χ2n) is 8.48. The number of thiazole rings is 1. The van der Waals surface area contributed by atoms with Crippen LogP contribution in [0.15, 0.2) is 29.4 Å². The van der Waals surface area contributed by atoms with Crippen LogP contribution < -0.4 is 5.32 Å². The fourth-order valence-corrected chi connectivity index (χ4v) is 7.76. The second-order valence-corrected chi connectivity index (χ2v) is 10.5. The van der Waals surface area contributed by atoms with Crippen molar-refractivity contribution in [2.24, 2.45) is 23.7 Å². The summed E-state index contributed by atoms with van der Waals surface area (Å²) in [5, 5.41) is 13.0. The van der Waals surface area contributed by atoms with Gasteiger partial charge in [-0.15, -0.1) is 10.2 Å². The lowest BCUT2D eigenvalue weighted by Crippen LogP contribution is -2.55. The number of aromatic nitrogens is 3. The lowest BCUT2D eigenvalue weighted by atomic mass is 9.54. The summed E-state index contributed by atoms with van der Waals surface area (Å²) in [5.41, 5.74) is 1.08. The number of thioether (sulfide) groups is 1. The quantitative estimate of drug-likeness (QED) is 0.674. The Balaban J connectivity index is 1.16. The van der Waals surface area contributed by atoms with E-state index in [-0.39, 0.29) is 5.12 Å². The normalized spacial score (nSPS) is 31.9. The van der Waals surface area contributed by atoms with Crippen molar-refractivity contribution in [2.45, 2.75) is 43.3 Å². The van der Waals surface area contributed by atoms with Gasteiger partial charge < -0.3 is 5.32 Å². The molecule has 4 aliphatic rings. The van der Waals surface area contributed by atoms with E-state index in [1.54, 1.807) is 11.3 Å². The van der Waals surface area contributed by atoms with Crippen LogP contribution in [0.2, 0.25) is 0 Å². The number of nitrogens with one attached hydrogen (secondary N) is 1. The average molecular weight is 399 g/mol. The minimum atomic E-state index is 0.133. The minimum absolute atomic E-state index is 0.133. The fourth-order valence-electron chi connectivity index (χ4n) is 6.02. The molecule has 0 radical (unpaired) electrons. The maximum Gasteiger partial charge on any atom is 0.217 e. The zero-order valence-electron chi connectivity index (χ0n) is 15.0. The molecule has 7 rings (SSSR count). The molecule has 0 aliphatic heterocycles. The number of fused-ring (bicyclic) bond motifs is 3. The van der Waals surface area contributed by atoms with Crippen LogP contribution in [0.1, 0.15) is 32.1 Å². The summed E-state index contributed by atoms with van der Waals surface area (Å²) in [6, 6.07) is 8.72. The van der Waals surface area contributed by atoms with Crippen LogP contribution >= 0.6 is 23.1 Å². The first-order valence-corrected chi connectivity index (χ1v) is 11.5. The molecule has 0 saturated heterocycles. The third kappa shape index (κ3) is 2.74. The number of rotatable bonds is 4. The summed E-state index contributed by atoms with van der Waals surface area (Å²) < 4.78 is 3.18. The first-order valence-electron chi connectivity index (χ1n) is 9.91. The number of carbonyl (C=O) groups excluding carboxylic acids is 1. The molecule has 4 aliphatic carbocycles. The minimum Gasteiger partial charge on any atom is -0.306 e. The number of benzene rings is 1. The Labute approximate surface area is 165 Å². The van der Waals surface area contributed by atoms with Crippen molar-refractivity contribution in [1.29, 1.82) is 0 Å². The van der Waals surface area contributed by atoms with Gasteiger partial charge in [0, 0.05) is 6.04 Å². The lowest BCUT2D eigenvalue weighted by Gasteiger charge is -2.54. The Morgan fingerprint density at radius 3 is 2.63 bits per heavy atom. The van der Waals surface area contributed by atoms with Gasteiger partial charge in [0.2, 0.25) is 15.2 Å². The van der Waals surface area contributed by atoms with Crippen molar-refractivity contribution in [3.63, 3.8) is 0 Å². The molecule has 140 valence electrons. The van der Waals surface area contributed by atoms with E-state index in [4.69, 9.17) is 0 Å². The topological polar surface area (TPSA) is 59.3 Å². The van der Waals surface area contributed by atoms with Gasteiger partial charge in [-0.25, -0.2) is 0 Å². The molecular weight excluding hydrogens is 376 g/mol. The van der Waals surface area contributed by atoms with E-state index >= 15 is 0 Å². The molecular formula is C20H22N4OS2. The molecule has 5 nitrogen and oxygen atoms in total. The summed E-state index contributed by atoms with van der Waals surface area (Å²) >= 11 is 2.83. The predicted molar refractivity (Wildman–Crippen MR) is 108 cm³/mol. The first-order chi connectivity index (χ1) is 13.2. The van der Waals surface area contributed by atoms with E-state index in [1.165, 1.54) is 48.6 Å². The van der Waals surface area contributed by atoms with Crippen molar-refractivity contribution in [3.8, 4) is 0 Å². The van der Waals surface area contributed by atoms with Crippen LogP contribution in [0, 0.1) is 23.7 Å². The zero-order chi connectivity index (χ0) is 18.0. The lowest BCUT2D eigenvalue weighted by molar-refractivity contribution is -0.111. The van der Waals surface area contributed by atoms with Gasteiger partial charge in [-0.1, -0.05) is 23.5 Å². The largest absolute Gasteiger partial charge is 0.306 e. The SMILES string of the molecule is O=C(CNC1C2CC3CC(C2)CC1C3)Sc1nnc2sc3ccccc3n12. The zero-order valence-corrected chi connectivity index (χ0v) is 16.6. The van der Waals surface area contributed by atoms with Crippen molar-refractivity contribution in [3.05, 3.63) is 24.3 Å². The third-order valence-electron chi connectivity index (χ3n) is 6.83. The smallest absolute Gasteiger partial charge is 0.217 e. The van der Waals surface area contributed by atoms with Gasteiger partial charge >= 0.3 is 0 Å². The van der Waals surface area contributed by atoms with Gasteiger partial charge in [0.1, 0.15) is 0 Å². The molecule has 0 spiro atoms. The van der Waals surface area contributed by atoms with Crippen LogP contribution in [-0.2, 0) is 4.79 Å². The van der Waals surface area contributed by atoms with E-state index in [0.29, 0.717) is 17.7 Å². The predicted octanol–water partition coefficient (Wildman–Crippen LogP) is 3.98. The Kier molecular flexibility index (Phi) is 3.85. The molecule has 2 heterocycles. The molecule has 1 aromatic carbocycles. The molecule has 0 unspecified atom stereocenters. The van der Waals surface area contributed by atoms with E-state index in [9.17, 15) is 4.79 Å². The fraction of sp³-hybridized carbons (Fsp3) is 0.550. The number of hydrogen-bond acceptors (Lipinski definition) is 6. The monoisotopic (exact) mass is 398 g/mol. The Hall–Kier alpha value is -1.44. The molecule has 1 N–H and O–H groups in total. The van der Waals surface area contributed by atoms with Crippen molar-refractivity contribution in [2.75, 3.05) is 6.54 Å². The van der Waals surface area contributed by atoms with Gasteiger partial charge in [-0.2, -0.15) is 0 Å². The second kappa shape index (κ2) is 6.29. The van der Waals surface area contributed by atoms with Crippen molar-refractivity contribution < 1.29 is 4.79 Å². The maximum absolute atomic E-state index is 12.7. The van der Waals surface area contributed by atoms with Gasteiger partial charge in [0.15, 0.2) is 0 Å². The molecule has 2 aromatic heterocycles. The Bertz CT molecular complexity index is 998. The van der Waals surface area contributed by atoms with E-state index in [0.717, 1.165) is 34.1 Å². The van der Waals surface area contributed by atoms with Crippen LogP contribution in [-0.4, -0.2) is 32.3 Å². The van der Waals surface area contributed by atoms with Crippen LogP contribution in [0.25, 0.3) is 15.2 Å². The Morgan fingerprint density at radius 1 is 1.11 bits per heavy atom. The number of para-hydroxylation sites is 1. The van der Waals surface area contributed by atoms with Crippen LogP contribution in [0.3, 0.4) is 0 Å². The molecule has 4 fully saturated rings.